The van der Waals surface area contributed by atoms with Gasteiger partial charge in [-0.05, 0) is 18.9 Å². The van der Waals surface area contributed by atoms with Gasteiger partial charge in [-0.3, -0.25) is 19.7 Å². The van der Waals surface area contributed by atoms with Crippen LogP contribution in [0.4, 0.5) is 5.69 Å². The van der Waals surface area contributed by atoms with Crippen molar-refractivity contribution in [3.05, 3.63) is 33.1 Å². The molecule has 2 aromatic rings. The Morgan fingerprint density at radius 2 is 2.13 bits per heavy atom. The molecule has 1 aromatic heterocycles. The fourth-order valence-corrected chi connectivity index (χ4v) is 5.22. The molecule has 11 nitrogen and oxygen atoms in total. The smallest absolute Gasteiger partial charge is 0.325 e. The Kier molecular flexibility index (Phi) is 6.33. The molecule has 162 valence electrons. The summed E-state index contributed by atoms with van der Waals surface area (Å²) in [6.07, 6.45) is 2.14. The molecule has 1 atom stereocenters. The van der Waals surface area contributed by atoms with Gasteiger partial charge in [-0.25, -0.2) is 12.7 Å². The number of hydrogen-bond donors (Lipinski definition) is 0. The van der Waals surface area contributed by atoms with Crippen LogP contribution in [0.3, 0.4) is 0 Å². The van der Waals surface area contributed by atoms with E-state index in [1.807, 2.05) is 0 Å². The van der Waals surface area contributed by atoms with Gasteiger partial charge in [-0.15, -0.1) is 0 Å². The number of amides is 1. The first-order chi connectivity index (χ1) is 14.1. The van der Waals surface area contributed by atoms with Crippen LogP contribution >= 0.6 is 11.3 Å². The monoisotopic (exact) mass is 456 g/mol. The summed E-state index contributed by atoms with van der Waals surface area (Å²) in [6, 6.07) is 4.14. The van der Waals surface area contributed by atoms with E-state index < -0.39 is 32.7 Å². The van der Waals surface area contributed by atoms with Crippen molar-refractivity contribution in [3.63, 3.8) is 0 Å². The molecule has 0 saturated carbocycles. The van der Waals surface area contributed by atoms with E-state index in [4.69, 9.17) is 4.74 Å². The number of nitro benzene ring substituents is 1. The highest BCUT2D eigenvalue weighted by Crippen LogP contribution is 2.24. The lowest BCUT2D eigenvalue weighted by Crippen LogP contribution is -2.41. The summed E-state index contributed by atoms with van der Waals surface area (Å²) < 4.78 is 31.5. The quantitative estimate of drug-likeness (QED) is 0.369. The number of esters is 1. The zero-order chi connectivity index (χ0) is 22.1. The third kappa shape index (κ3) is 4.74. The Morgan fingerprint density at radius 3 is 2.77 bits per heavy atom. The number of nitrogens with zero attached hydrogens (tertiary/aromatic N) is 4. The molecule has 0 radical (unpaired) electrons. The molecule has 0 N–H and O–H groups in total. The average molecular weight is 457 g/mol. The second-order valence-electron chi connectivity index (χ2n) is 6.87. The number of carbonyl (C=O) groups is 2. The lowest BCUT2D eigenvalue weighted by molar-refractivity contribution is -0.384. The molecule has 2 heterocycles. The van der Waals surface area contributed by atoms with Crippen LogP contribution in [0.2, 0.25) is 0 Å². The number of non-ortho nitro benzene ring substituents is 1. The van der Waals surface area contributed by atoms with Gasteiger partial charge in [-0.1, -0.05) is 11.3 Å². The van der Waals surface area contributed by atoms with Gasteiger partial charge in [-0.2, -0.15) is 4.99 Å². The van der Waals surface area contributed by atoms with Gasteiger partial charge in [0.2, 0.25) is 10.0 Å². The van der Waals surface area contributed by atoms with Crippen molar-refractivity contribution in [1.82, 2.24) is 8.87 Å². The predicted molar refractivity (Wildman–Crippen MR) is 108 cm³/mol. The number of benzene rings is 1. The van der Waals surface area contributed by atoms with Crippen molar-refractivity contribution in [2.24, 2.45) is 10.9 Å². The van der Waals surface area contributed by atoms with Crippen LogP contribution in [0.5, 0.6) is 0 Å². The van der Waals surface area contributed by atoms with E-state index in [1.165, 1.54) is 34.2 Å². The number of aromatic nitrogens is 1. The summed E-state index contributed by atoms with van der Waals surface area (Å²) in [6.45, 7) is 0.187. The van der Waals surface area contributed by atoms with E-state index in [-0.39, 0.29) is 23.6 Å². The third-order valence-corrected chi connectivity index (χ3v) is 7.11. The van der Waals surface area contributed by atoms with Gasteiger partial charge in [0.05, 0.1) is 34.4 Å². The normalized spacial score (nSPS) is 18.5. The minimum atomic E-state index is -3.41. The SMILES string of the molecule is COC(=O)Cn1c(=NC(=O)C2CCCN(S(C)(=O)=O)C2)sc2cc([N+](=O)[O-])ccc21. The van der Waals surface area contributed by atoms with Crippen molar-refractivity contribution in [2.75, 3.05) is 26.5 Å². The lowest BCUT2D eigenvalue weighted by atomic mass is 9.99. The largest absolute Gasteiger partial charge is 0.468 e. The summed E-state index contributed by atoms with van der Waals surface area (Å²) in [5, 5.41) is 11.1. The summed E-state index contributed by atoms with van der Waals surface area (Å²) >= 11 is 1.04. The summed E-state index contributed by atoms with van der Waals surface area (Å²) in [5.74, 6) is -1.66. The number of rotatable bonds is 5. The Labute approximate surface area is 175 Å². The van der Waals surface area contributed by atoms with Crippen molar-refractivity contribution in [2.45, 2.75) is 19.4 Å². The minimum absolute atomic E-state index is 0.0501. The summed E-state index contributed by atoms with van der Waals surface area (Å²) in [5.41, 5.74) is 0.381. The Hall–Kier alpha value is -2.64. The predicted octanol–water partition coefficient (Wildman–Crippen LogP) is 0.883. The van der Waals surface area contributed by atoms with Crippen LogP contribution in [0.25, 0.3) is 10.2 Å². The second kappa shape index (κ2) is 8.62. The summed E-state index contributed by atoms with van der Waals surface area (Å²) in [7, 11) is -2.19. The molecular formula is C17H20N4O7S2. The van der Waals surface area contributed by atoms with Crippen LogP contribution in [-0.2, 0) is 30.9 Å². The van der Waals surface area contributed by atoms with Gasteiger partial charge in [0.25, 0.3) is 11.6 Å². The molecule has 1 unspecified atom stereocenters. The number of carbonyl (C=O) groups excluding carboxylic acids is 2. The number of nitro groups is 1. The van der Waals surface area contributed by atoms with Gasteiger partial charge >= 0.3 is 5.97 Å². The first kappa shape index (κ1) is 22.1. The fourth-order valence-electron chi connectivity index (χ4n) is 3.24. The molecule has 1 aliphatic rings. The molecule has 1 aliphatic heterocycles. The number of sulfonamides is 1. The fraction of sp³-hybridized carbons (Fsp3) is 0.471. The van der Waals surface area contributed by atoms with E-state index in [2.05, 4.69) is 4.99 Å². The number of methoxy groups -OCH3 is 1. The second-order valence-corrected chi connectivity index (χ2v) is 9.86. The van der Waals surface area contributed by atoms with Crippen LogP contribution in [-0.4, -0.2) is 60.5 Å². The van der Waals surface area contributed by atoms with E-state index in [0.29, 0.717) is 29.6 Å². The third-order valence-electron chi connectivity index (χ3n) is 4.80. The van der Waals surface area contributed by atoms with Crippen LogP contribution in [0.1, 0.15) is 12.8 Å². The lowest BCUT2D eigenvalue weighted by Gasteiger charge is -2.28. The van der Waals surface area contributed by atoms with Gasteiger partial charge in [0, 0.05) is 25.2 Å². The molecule has 3 rings (SSSR count). The van der Waals surface area contributed by atoms with Gasteiger partial charge < -0.3 is 9.30 Å². The highest BCUT2D eigenvalue weighted by molar-refractivity contribution is 7.88. The average Bonchev–Trinajstić information content (AvgIpc) is 3.03. The molecule has 13 heteroatoms. The van der Waals surface area contributed by atoms with Crippen molar-refractivity contribution in [3.8, 4) is 0 Å². The molecule has 1 aromatic carbocycles. The molecule has 0 aliphatic carbocycles. The highest BCUT2D eigenvalue weighted by atomic mass is 32.2. The number of thiazole rings is 1. The van der Waals surface area contributed by atoms with Gasteiger partial charge in [0.15, 0.2) is 4.80 Å². The maximum absolute atomic E-state index is 12.8. The Morgan fingerprint density at radius 1 is 1.40 bits per heavy atom. The Bertz CT molecular complexity index is 1180. The number of hydrogen-bond acceptors (Lipinski definition) is 8. The molecule has 30 heavy (non-hydrogen) atoms. The van der Waals surface area contributed by atoms with Crippen LogP contribution < -0.4 is 4.80 Å². The first-order valence-electron chi connectivity index (χ1n) is 8.98. The topological polar surface area (TPSA) is 141 Å². The van der Waals surface area contributed by atoms with Crippen molar-refractivity contribution in [1.29, 1.82) is 0 Å². The standard InChI is InChI=1S/C17H20N4O7S2/c1-28-15(22)10-20-13-6-5-12(21(24)25)8-14(13)29-17(20)18-16(23)11-4-3-7-19(9-11)30(2,26)27/h5-6,8,11H,3-4,7,9-10H2,1-2H3. The molecule has 1 saturated heterocycles. The highest BCUT2D eigenvalue weighted by Gasteiger charge is 2.30. The Balaban J connectivity index is 2.03. The molecule has 0 bridgehead atoms. The number of piperidine rings is 1. The maximum atomic E-state index is 12.8. The van der Waals surface area contributed by atoms with Crippen molar-refractivity contribution < 1.29 is 27.7 Å². The van der Waals surface area contributed by atoms with Crippen molar-refractivity contribution >= 4 is 49.1 Å². The van der Waals surface area contributed by atoms with E-state index in [1.54, 1.807) is 0 Å². The number of fused-ring (bicyclic) bond motifs is 1. The van der Waals surface area contributed by atoms with E-state index in [9.17, 15) is 28.1 Å². The molecule has 1 amide bonds. The number of ether oxygens (including phenoxy) is 1. The zero-order valence-corrected chi connectivity index (χ0v) is 17.9. The molecular weight excluding hydrogens is 436 g/mol. The molecule has 1 fully saturated rings. The van der Waals surface area contributed by atoms with Gasteiger partial charge in [0.1, 0.15) is 6.54 Å². The first-order valence-corrected chi connectivity index (χ1v) is 11.6. The summed E-state index contributed by atoms with van der Waals surface area (Å²) in [4.78, 5) is 39.5. The van der Waals surface area contributed by atoms with Crippen LogP contribution in [0.15, 0.2) is 23.2 Å². The minimum Gasteiger partial charge on any atom is -0.468 e. The molecule has 0 spiro atoms. The van der Waals surface area contributed by atoms with Crippen LogP contribution in [0, 0.1) is 16.0 Å². The van der Waals surface area contributed by atoms with E-state index >= 15 is 0 Å². The zero-order valence-electron chi connectivity index (χ0n) is 16.3. The van der Waals surface area contributed by atoms with E-state index in [0.717, 1.165) is 17.6 Å². The maximum Gasteiger partial charge on any atom is 0.325 e.